The van der Waals surface area contributed by atoms with Crippen LogP contribution in [-0.2, 0) is 11.3 Å². The lowest BCUT2D eigenvalue weighted by molar-refractivity contribution is -0.113. The fourth-order valence-electron chi connectivity index (χ4n) is 2.96. The Morgan fingerprint density at radius 3 is 2.64 bits per heavy atom. The molecular formula is C23H18F2N4O2S2. The fourth-order valence-corrected chi connectivity index (χ4v) is 4.37. The Morgan fingerprint density at radius 2 is 1.91 bits per heavy atom. The number of aromatic nitrogens is 2. The van der Waals surface area contributed by atoms with Gasteiger partial charge in [0.25, 0.3) is 5.91 Å². The summed E-state index contributed by atoms with van der Waals surface area (Å²) in [4.78, 5) is 29.9. The summed E-state index contributed by atoms with van der Waals surface area (Å²) in [5.74, 6) is -2.18. The third-order valence-corrected chi connectivity index (χ3v) is 6.40. The van der Waals surface area contributed by atoms with E-state index >= 15 is 0 Å². The summed E-state index contributed by atoms with van der Waals surface area (Å²) in [6.45, 7) is 0.477. The van der Waals surface area contributed by atoms with Gasteiger partial charge in [0.05, 0.1) is 18.0 Å². The molecule has 0 spiro atoms. The van der Waals surface area contributed by atoms with Crippen molar-refractivity contribution in [2.75, 3.05) is 11.1 Å². The molecule has 0 aliphatic rings. The predicted molar refractivity (Wildman–Crippen MR) is 125 cm³/mol. The van der Waals surface area contributed by atoms with E-state index < -0.39 is 17.5 Å². The van der Waals surface area contributed by atoms with E-state index in [0.717, 1.165) is 16.6 Å². The van der Waals surface area contributed by atoms with Crippen molar-refractivity contribution in [2.45, 2.75) is 11.7 Å². The maximum absolute atomic E-state index is 13.7. The van der Waals surface area contributed by atoms with Gasteiger partial charge in [0.1, 0.15) is 11.6 Å². The molecule has 10 heteroatoms. The number of hydrogen-bond donors (Lipinski definition) is 2. The Bertz CT molecular complexity index is 1260. The van der Waals surface area contributed by atoms with E-state index in [0.29, 0.717) is 23.3 Å². The summed E-state index contributed by atoms with van der Waals surface area (Å²) in [5.41, 5.74) is 1.22. The van der Waals surface area contributed by atoms with Crippen molar-refractivity contribution in [3.8, 4) is 5.69 Å². The lowest BCUT2D eigenvalue weighted by atomic mass is 10.2. The Kier molecular flexibility index (Phi) is 7.16. The lowest BCUT2D eigenvalue weighted by Crippen LogP contribution is -2.22. The Labute approximate surface area is 196 Å². The number of thiophene rings is 1. The van der Waals surface area contributed by atoms with E-state index in [-0.39, 0.29) is 17.3 Å². The number of hydrogen-bond acceptors (Lipinski definition) is 5. The molecule has 6 nitrogen and oxygen atoms in total. The average molecular weight is 485 g/mol. The minimum absolute atomic E-state index is 0.0168. The predicted octanol–water partition coefficient (Wildman–Crippen LogP) is 4.87. The van der Waals surface area contributed by atoms with Gasteiger partial charge in [-0.25, -0.2) is 13.8 Å². The Morgan fingerprint density at radius 1 is 1.09 bits per heavy atom. The zero-order valence-electron chi connectivity index (χ0n) is 17.1. The smallest absolute Gasteiger partial charge is 0.251 e. The van der Waals surface area contributed by atoms with Crippen molar-refractivity contribution in [3.05, 3.63) is 94.4 Å². The summed E-state index contributed by atoms with van der Waals surface area (Å²) in [7, 11) is 0. The second kappa shape index (κ2) is 10.4. The number of nitrogens with one attached hydrogen (secondary N) is 2. The molecule has 2 amide bonds. The third-order valence-electron chi connectivity index (χ3n) is 4.56. The van der Waals surface area contributed by atoms with Gasteiger partial charge in [-0.15, -0.1) is 11.3 Å². The van der Waals surface area contributed by atoms with Gasteiger partial charge in [-0.2, -0.15) is 0 Å². The van der Waals surface area contributed by atoms with Crippen molar-refractivity contribution < 1.29 is 18.4 Å². The molecule has 2 aromatic carbocycles. The normalized spacial score (nSPS) is 10.7. The van der Waals surface area contributed by atoms with Crippen LogP contribution in [0.4, 0.5) is 14.5 Å². The van der Waals surface area contributed by atoms with Crippen molar-refractivity contribution in [1.29, 1.82) is 0 Å². The van der Waals surface area contributed by atoms with Gasteiger partial charge in [-0.3, -0.25) is 14.2 Å². The zero-order valence-corrected chi connectivity index (χ0v) is 18.8. The zero-order chi connectivity index (χ0) is 23.2. The molecule has 0 fully saturated rings. The first-order valence-electron chi connectivity index (χ1n) is 9.81. The number of amides is 2. The standard InChI is InChI=1S/C23H18F2N4O2S2/c24-16-5-8-20(19(25)12-16)28-21(30)14-33-23-26-9-10-29(23)17-6-3-15(4-7-17)22(31)27-13-18-2-1-11-32-18/h1-12H,13-14H2,(H,27,31)(H,28,30). The minimum Gasteiger partial charge on any atom is -0.347 e. The van der Waals surface area contributed by atoms with Gasteiger partial charge >= 0.3 is 0 Å². The molecule has 4 rings (SSSR count). The molecule has 0 aliphatic carbocycles. The van der Waals surface area contributed by atoms with Gasteiger partial charge in [-0.1, -0.05) is 17.8 Å². The second-order valence-electron chi connectivity index (χ2n) is 6.85. The first-order chi connectivity index (χ1) is 16.0. The van der Waals surface area contributed by atoms with Crippen LogP contribution in [0.1, 0.15) is 15.2 Å². The molecule has 4 aromatic rings. The van der Waals surface area contributed by atoms with Gasteiger partial charge < -0.3 is 10.6 Å². The van der Waals surface area contributed by atoms with Crippen LogP contribution in [0.2, 0.25) is 0 Å². The van der Waals surface area contributed by atoms with Gasteiger partial charge in [0, 0.05) is 34.6 Å². The third kappa shape index (κ3) is 5.85. The van der Waals surface area contributed by atoms with E-state index in [2.05, 4.69) is 15.6 Å². The minimum atomic E-state index is -0.839. The van der Waals surface area contributed by atoms with Crippen molar-refractivity contribution in [3.63, 3.8) is 0 Å². The summed E-state index contributed by atoms with van der Waals surface area (Å²) < 4.78 is 28.5. The number of anilines is 1. The van der Waals surface area contributed by atoms with Crippen LogP contribution in [0.5, 0.6) is 0 Å². The van der Waals surface area contributed by atoms with Crippen LogP contribution in [0.3, 0.4) is 0 Å². The van der Waals surface area contributed by atoms with Crippen molar-refractivity contribution >= 4 is 40.6 Å². The SMILES string of the molecule is O=C(CSc1nccn1-c1ccc(C(=O)NCc2cccs2)cc1)Nc1ccc(F)cc1F. The molecule has 0 bridgehead atoms. The summed E-state index contributed by atoms with van der Waals surface area (Å²) in [6, 6.07) is 13.9. The number of nitrogens with zero attached hydrogens (tertiary/aromatic N) is 2. The van der Waals surface area contributed by atoms with E-state index in [9.17, 15) is 18.4 Å². The van der Waals surface area contributed by atoms with E-state index in [1.54, 1.807) is 52.6 Å². The largest absolute Gasteiger partial charge is 0.347 e. The van der Waals surface area contributed by atoms with E-state index in [1.165, 1.54) is 17.8 Å². The molecule has 2 aromatic heterocycles. The maximum atomic E-state index is 13.7. The average Bonchev–Trinajstić information content (AvgIpc) is 3.50. The number of imidazole rings is 1. The van der Waals surface area contributed by atoms with Crippen molar-refractivity contribution in [2.24, 2.45) is 0 Å². The summed E-state index contributed by atoms with van der Waals surface area (Å²) in [5, 5.41) is 7.82. The molecule has 2 heterocycles. The van der Waals surface area contributed by atoms with E-state index in [1.807, 2.05) is 17.5 Å². The second-order valence-corrected chi connectivity index (χ2v) is 8.82. The Balaban J connectivity index is 1.35. The molecule has 0 radical (unpaired) electrons. The molecule has 0 aliphatic heterocycles. The van der Waals surface area contributed by atoms with Crippen LogP contribution in [0.25, 0.3) is 5.69 Å². The highest BCUT2D eigenvalue weighted by Gasteiger charge is 2.12. The van der Waals surface area contributed by atoms with Gasteiger partial charge in [0.15, 0.2) is 5.16 Å². The van der Waals surface area contributed by atoms with Gasteiger partial charge in [-0.05, 0) is 47.8 Å². The van der Waals surface area contributed by atoms with E-state index in [4.69, 9.17) is 0 Å². The van der Waals surface area contributed by atoms with Crippen LogP contribution in [0, 0.1) is 11.6 Å². The van der Waals surface area contributed by atoms with Crippen LogP contribution >= 0.6 is 23.1 Å². The molecule has 2 N–H and O–H groups in total. The number of thioether (sulfide) groups is 1. The number of halogens is 2. The monoisotopic (exact) mass is 484 g/mol. The molecule has 0 unspecified atom stereocenters. The number of benzene rings is 2. The molecular weight excluding hydrogens is 466 g/mol. The van der Waals surface area contributed by atoms with Crippen LogP contribution < -0.4 is 10.6 Å². The highest BCUT2D eigenvalue weighted by molar-refractivity contribution is 7.99. The van der Waals surface area contributed by atoms with Crippen molar-refractivity contribution in [1.82, 2.24) is 14.9 Å². The molecule has 0 saturated carbocycles. The van der Waals surface area contributed by atoms with Crippen LogP contribution in [-0.4, -0.2) is 27.1 Å². The quantitative estimate of drug-likeness (QED) is 0.350. The molecule has 33 heavy (non-hydrogen) atoms. The topological polar surface area (TPSA) is 76.0 Å². The molecule has 0 atom stereocenters. The number of carbonyl (C=O) groups excluding carboxylic acids is 2. The highest BCUT2D eigenvalue weighted by Crippen LogP contribution is 2.22. The summed E-state index contributed by atoms with van der Waals surface area (Å²) in [6.07, 6.45) is 3.34. The fraction of sp³-hybridized carbons (Fsp3) is 0.0870. The highest BCUT2D eigenvalue weighted by atomic mass is 32.2. The first-order valence-corrected chi connectivity index (χ1v) is 11.7. The molecule has 168 valence electrons. The van der Waals surface area contributed by atoms with Gasteiger partial charge in [0.2, 0.25) is 5.91 Å². The summed E-state index contributed by atoms with van der Waals surface area (Å²) >= 11 is 2.75. The number of carbonyl (C=O) groups is 2. The lowest BCUT2D eigenvalue weighted by Gasteiger charge is -2.10. The maximum Gasteiger partial charge on any atom is 0.251 e. The first kappa shape index (κ1) is 22.7. The molecule has 0 saturated heterocycles. The number of rotatable bonds is 8. The Hall–Kier alpha value is -3.50. The van der Waals surface area contributed by atoms with Crippen LogP contribution in [0.15, 0.2) is 77.5 Å².